The van der Waals surface area contributed by atoms with Crippen LogP contribution in [0, 0.1) is 0 Å². The van der Waals surface area contributed by atoms with Gasteiger partial charge in [-0.3, -0.25) is 9.36 Å². The minimum Gasteiger partial charge on any atom is -0.497 e. The van der Waals surface area contributed by atoms with Crippen molar-refractivity contribution in [1.82, 2.24) is 14.1 Å². The summed E-state index contributed by atoms with van der Waals surface area (Å²) in [6.45, 7) is 0.670. The topological polar surface area (TPSA) is 49.0 Å². The van der Waals surface area contributed by atoms with Gasteiger partial charge in [-0.25, -0.2) is 4.98 Å². The van der Waals surface area contributed by atoms with Crippen LogP contribution in [-0.4, -0.2) is 27.1 Å². The van der Waals surface area contributed by atoms with E-state index in [-0.39, 0.29) is 5.91 Å². The van der Waals surface area contributed by atoms with Gasteiger partial charge in [0.15, 0.2) is 0 Å². The number of carbonyl (C=O) groups is 1. The van der Waals surface area contributed by atoms with Gasteiger partial charge in [-0.15, -0.1) is 0 Å². The van der Waals surface area contributed by atoms with Gasteiger partial charge < -0.3 is 9.30 Å². The van der Waals surface area contributed by atoms with E-state index in [4.69, 9.17) is 4.74 Å². The number of aromatic nitrogens is 3. The van der Waals surface area contributed by atoms with Gasteiger partial charge in [0.25, 0.3) is 5.91 Å². The summed E-state index contributed by atoms with van der Waals surface area (Å²) in [4.78, 5) is 17.1. The molecule has 0 N–H and O–H groups in total. The maximum Gasteiger partial charge on any atom is 0.262 e. The van der Waals surface area contributed by atoms with Crippen LogP contribution in [0.3, 0.4) is 0 Å². The molecule has 0 bridgehead atoms. The third-order valence-electron chi connectivity index (χ3n) is 4.26. The van der Waals surface area contributed by atoms with E-state index < -0.39 is 0 Å². The fraction of sp³-hybridized carbons (Fsp3) is 0.100. The van der Waals surface area contributed by atoms with Crippen molar-refractivity contribution in [2.24, 2.45) is 0 Å². The number of fused-ring (bicyclic) bond motifs is 1. The van der Waals surface area contributed by atoms with E-state index in [2.05, 4.69) is 4.98 Å². The van der Waals surface area contributed by atoms with Gasteiger partial charge in [0.1, 0.15) is 5.75 Å². The molecule has 0 aliphatic rings. The van der Waals surface area contributed by atoms with Crippen LogP contribution >= 0.6 is 0 Å². The summed E-state index contributed by atoms with van der Waals surface area (Å²) in [5, 5.41) is 1.07. The first-order valence-electron chi connectivity index (χ1n) is 8.00. The minimum absolute atomic E-state index is 0.0595. The van der Waals surface area contributed by atoms with Crippen molar-refractivity contribution < 1.29 is 9.53 Å². The van der Waals surface area contributed by atoms with E-state index >= 15 is 0 Å². The zero-order valence-corrected chi connectivity index (χ0v) is 13.8. The van der Waals surface area contributed by atoms with Crippen LogP contribution in [-0.2, 0) is 6.54 Å². The fourth-order valence-corrected chi connectivity index (χ4v) is 2.99. The maximum absolute atomic E-state index is 13.0. The number of hydrogen-bond acceptors (Lipinski definition) is 3. The Balaban J connectivity index is 1.77. The molecule has 0 saturated carbocycles. The molecular formula is C20H17N3O2. The molecule has 0 spiro atoms. The van der Waals surface area contributed by atoms with Gasteiger partial charge in [0, 0.05) is 29.5 Å². The molecule has 0 unspecified atom stereocenters. The Bertz CT molecular complexity index is 1010. The Morgan fingerprint density at radius 2 is 1.92 bits per heavy atom. The maximum atomic E-state index is 13.0. The molecule has 2 heterocycles. The third kappa shape index (κ3) is 2.80. The zero-order chi connectivity index (χ0) is 17.2. The number of para-hydroxylation sites is 1. The first-order chi connectivity index (χ1) is 12.3. The summed E-state index contributed by atoms with van der Waals surface area (Å²) in [6, 6.07) is 15.1. The normalized spacial score (nSPS) is 10.9. The van der Waals surface area contributed by atoms with Crippen LogP contribution in [0.5, 0.6) is 5.75 Å². The summed E-state index contributed by atoms with van der Waals surface area (Å²) >= 11 is 0. The fourth-order valence-electron chi connectivity index (χ4n) is 2.99. The second-order valence-corrected chi connectivity index (χ2v) is 5.81. The van der Waals surface area contributed by atoms with Crippen LogP contribution in [0.2, 0.25) is 0 Å². The quantitative estimate of drug-likeness (QED) is 0.574. The van der Waals surface area contributed by atoms with Gasteiger partial charge in [0.2, 0.25) is 0 Å². The molecule has 0 saturated heterocycles. The molecule has 2 aromatic heterocycles. The lowest BCUT2D eigenvalue weighted by atomic mass is 10.2. The predicted octanol–water partition coefficient (Wildman–Crippen LogP) is 3.58. The lowest BCUT2D eigenvalue weighted by Gasteiger charge is -2.05. The molecular weight excluding hydrogens is 314 g/mol. The van der Waals surface area contributed by atoms with Crippen molar-refractivity contribution >= 4 is 16.8 Å². The molecule has 124 valence electrons. The van der Waals surface area contributed by atoms with E-state index in [1.165, 1.54) is 0 Å². The Labute approximate surface area is 145 Å². The molecule has 4 rings (SSSR count). The molecule has 0 fully saturated rings. The Morgan fingerprint density at radius 1 is 1.12 bits per heavy atom. The molecule has 2 aromatic carbocycles. The van der Waals surface area contributed by atoms with Gasteiger partial charge >= 0.3 is 0 Å². The van der Waals surface area contributed by atoms with E-state index in [1.807, 2.05) is 41.2 Å². The van der Waals surface area contributed by atoms with Crippen molar-refractivity contribution in [3.8, 4) is 5.75 Å². The number of hydrogen-bond donors (Lipinski definition) is 0. The number of benzene rings is 2. The van der Waals surface area contributed by atoms with Crippen LogP contribution in [0.15, 0.2) is 73.4 Å². The highest BCUT2D eigenvalue weighted by Crippen LogP contribution is 2.24. The highest BCUT2D eigenvalue weighted by molar-refractivity contribution is 6.03. The number of rotatable bonds is 4. The number of imidazole rings is 1. The molecule has 25 heavy (non-hydrogen) atoms. The Kier molecular flexibility index (Phi) is 3.82. The number of nitrogens with zero attached hydrogens (tertiary/aromatic N) is 3. The van der Waals surface area contributed by atoms with E-state index in [0.29, 0.717) is 12.1 Å². The van der Waals surface area contributed by atoms with E-state index in [9.17, 15) is 4.79 Å². The third-order valence-corrected chi connectivity index (χ3v) is 4.26. The van der Waals surface area contributed by atoms with Crippen molar-refractivity contribution in [3.63, 3.8) is 0 Å². The molecule has 0 radical (unpaired) electrons. The van der Waals surface area contributed by atoms with Crippen LogP contribution in [0.1, 0.15) is 15.9 Å². The Hall–Kier alpha value is -3.34. The largest absolute Gasteiger partial charge is 0.497 e. The summed E-state index contributed by atoms with van der Waals surface area (Å²) in [6.07, 6.45) is 7.35. The van der Waals surface area contributed by atoms with Crippen LogP contribution in [0.4, 0.5) is 0 Å². The molecule has 5 nitrogen and oxygen atoms in total. The second kappa shape index (κ2) is 6.28. The first-order valence-corrected chi connectivity index (χ1v) is 8.00. The van der Waals surface area contributed by atoms with Crippen molar-refractivity contribution in [2.45, 2.75) is 6.54 Å². The molecule has 5 heteroatoms. The lowest BCUT2D eigenvalue weighted by molar-refractivity contribution is 0.0965. The zero-order valence-electron chi connectivity index (χ0n) is 13.8. The van der Waals surface area contributed by atoms with Crippen molar-refractivity contribution in [1.29, 1.82) is 0 Å². The predicted molar refractivity (Wildman–Crippen MR) is 96.0 cm³/mol. The SMILES string of the molecule is COc1ccc(C(=O)n2cc(Cn3ccnc3)c3ccccc32)cc1. The monoisotopic (exact) mass is 331 g/mol. The molecule has 0 amide bonds. The summed E-state index contributed by atoms with van der Waals surface area (Å²) in [7, 11) is 1.61. The number of carbonyl (C=O) groups excluding carboxylic acids is 1. The summed E-state index contributed by atoms with van der Waals surface area (Å²) in [5.41, 5.74) is 2.60. The molecule has 0 aliphatic heterocycles. The van der Waals surface area contributed by atoms with Gasteiger partial charge in [-0.1, -0.05) is 18.2 Å². The minimum atomic E-state index is -0.0595. The first kappa shape index (κ1) is 15.2. The number of ether oxygens (including phenoxy) is 1. The van der Waals surface area contributed by atoms with Gasteiger partial charge in [-0.05, 0) is 35.9 Å². The highest BCUT2D eigenvalue weighted by atomic mass is 16.5. The molecule has 0 atom stereocenters. The summed E-state index contributed by atoms with van der Waals surface area (Å²) < 4.78 is 8.86. The molecule has 0 aliphatic carbocycles. The van der Waals surface area contributed by atoms with Crippen LogP contribution < -0.4 is 4.74 Å². The highest BCUT2D eigenvalue weighted by Gasteiger charge is 2.15. The second-order valence-electron chi connectivity index (χ2n) is 5.81. The van der Waals surface area contributed by atoms with Gasteiger partial charge in [0.05, 0.1) is 25.5 Å². The average Bonchev–Trinajstić information content (AvgIpc) is 3.30. The molecule has 4 aromatic rings. The van der Waals surface area contributed by atoms with Crippen LogP contribution in [0.25, 0.3) is 10.9 Å². The van der Waals surface area contributed by atoms with E-state index in [0.717, 1.165) is 22.2 Å². The lowest BCUT2D eigenvalue weighted by Crippen LogP contribution is -2.10. The smallest absolute Gasteiger partial charge is 0.262 e. The average molecular weight is 331 g/mol. The number of methoxy groups -OCH3 is 1. The van der Waals surface area contributed by atoms with E-state index in [1.54, 1.807) is 48.5 Å². The van der Waals surface area contributed by atoms with Crippen molar-refractivity contribution in [3.05, 3.63) is 84.6 Å². The van der Waals surface area contributed by atoms with Crippen molar-refractivity contribution in [2.75, 3.05) is 7.11 Å². The summed E-state index contributed by atoms with van der Waals surface area (Å²) in [5.74, 6) is 0.672. The standard InChI is InChI=1S/C20H17N3O2/c1-25-17-8-6-15(7-9-17)20(24)23-13-16(12-22-11-10-21-14-22)18-4-2-3-5-19(18)23/h2-11,13-14H,12H2,1H3. The van der Waals surface area contributed by atoms with Gasteiger partial charge in [-0.2, -0.15) is 0 Å². The Morgan fingerprint density at radius 3 is 2.64 bits per heavy atom.